The molecule has 1 aromatic carbocycles. The Bertz CT molecular complexity index is 961. The standard InChI is InChI=1S/C21H22F2N4O/c1-11-12(2)21(27-9-8-24-20(27)28)7-6-13(11)14-10-17(25-26-19(14)21)18-15(22)4-3-5-16(18)23/h3-5,10-13H,6-9H2,1-2H3,(H,24,28)/t11?,12-,13?,21?/m0/s1. The fraction of sp³-hybridized carbons (Fsp3) is 0.476. The fourth-order valence-corrected chi connectivity index (χ4v) is 5.67. The van der Waals surface area contributed by atoms with Crippen LogP contribution in [-0.2, 0) is 5.54 Å². The van der Waals surface area contributed by atoms with E-state index < -0.39 is 17.2 Å². The molecule has 4 aliphatic rings. The molecule has 2 amide bonds. The first-order chi connectivity index (χ1) is 13.4. The lowest BCUT2D eigenvalue weighted by Gasteiger charge is -2.57. The van der Waals surface area contributed by atoms with Crippen LogP contribution in [0.1, 0.15) is 43.9 Å². The van der Waals surface area contributed by atoms with Crippen molar-refractivity contribution in [3.05, 3.63) is 47.2 Å². The summed E-state index contributed by atoms with van der Waals surface area (Å²) in [5.41, 5.74) is 1.33. The van der Waals surface area contributed by atoms with E-state index in [9.17, 15) is 13.6 Å². The first kappa shape index (κ1) is 17.5. The Morgan fingerprint density at radius 1 is 1.21 bits per heavy atom. The second kappa shape index (κ2) is 5.96. The topological polar surface area (TPSA) is 58.1 Å². The highest BCUT2D eigenvalue weighted by Gasteiger charge is 2.59. The largest absolute Gasteiger partial charge is 0.336 e. The van der Waals surface area contributed by atoms with E-state index in [0.717, 1.165) is 24.1 Å². The highest BCUT2D eigenvalue weighted by Crippen LogP contribution is 2.59. The van der Waals surface area contributed by atoms with E-state index >= 15 is 0 Å². The van der Waals surface area contributed by atoms with Crippen molar-refractivity contribution in [1.29, 1.82) is 0 Å². The van der Waals surface area contributed by atoms with Gasteiger partial charge in [-0.25, -0.2) is 13.6 Å². The van der Waals surface area contributed by atoms with Gasteiger partial charge in [0.2, 0.25) is 0 Å². The maximum Gasteiger partial charge on any atom is 0.318 e. The highest BCUT2D eigenvalue weighted by molar-refractivity contribution is 5.78. The Hall–Kier alpha value is -2.57. The van der Waals surface area contributed by atoms with Gasteiger partial charge in [0, 0.05) is 13.1 Å². The molecule has 3 unspecified atom stereocenters. The highest BCUT2D eigenvalue weighted by atomic mass is 19.1. The van der Waals surface area contributed by atoms with Gasteiger partial charge in [-0.2, -0.15) is 5.10 Å². The van der Waals surface area contributed by atoms with Crippen LogP contribution in [0, 0.1) is 23.5 Å². The van der Waals surface area contributed by atoms with E-state index in [0.29, 0.717) is 19.0 Å². The number of carbonyl (C=O) groups is 1. The normalized spacial score (nSPS) is 31.1. The van der Waals surface area contributed by atoms with Gasteiger partial charge in [-0.1, -0.05) is 19.9 Å². The number of carbonyl (C=O) groups excluding carboxylic acids is 1. The van der Waals surface area contributed by atoms with Gasteiger partial charge >= 0.3 is 6.03 Å². The number of nitrogens with one attached hydrogen (secondary N) is 1. The van der Waals surface area contributed by atoms with Crippen molar-refractivity contribution in [3.63, 3.8) is 0 Å². The molecule has 5 nitrogen and oxygen atoms in total. The minimum Gasteiger partial charge on any atom is -0.336 e. The quantitative estimate of drug-likeness (QED) is 0.857. The van der Waals surface area contributed by atoms with Gasteiger partial charge < -0.3 is 10.2 Å². The van der Waals surface area contributed by atoms with Gasteiger partial charge in [0.25, 0.3) is 0 Å². The molecule has 1 N–H and O–H groups in total. The summed E-state index contributed by atoms with van der Waals surface area (Å²) >= 11 is 0. The van der Waals surface area contributed by atoms with Gasteiger partial charge in [0.05, 0.1) is 22.5 Å². The lowest BCUT2D eigenvalue weighted by Crippen LogP contribution is -2.60. The Morgan fingerprint density at radius 3 is 2.64 bits per heavy atom. The van der Waals surface area contributed by atoms with Gasteiger partial charge in [-0.3, -0.25) is 0 Å². The number of hydrogen-bond acceptors (Lipinski definition) is 3. The van der Waals surface area contributed by atoms with Crippen LogP contribution in [0.25, 0.3) is 11.3 Å². The van der Waals surface area contributed by atoms with Crippen LogP contribution in [0.5, 0.6) is 0 Å². The summed E-state index contributed by atoms with van der Waals surface area (Å²) in [5, 5.41) is 11.6. The van der Waals surface area contributed by atoms with Crippen molar-refractivity contribution in [2.24, 2.45) is 11.8 Å². The van der Waals surface area contributed by atoms with E-state index in [1.54, 1.807) is 6.07 Å². The third-order valence-corrected chi connectivity index (χ3v) is 7.20. The van der Waals surface area contributed by atoms with E-state index in [2.05, 4.69) is 29.4 Å². The molecule has 1 saturated carbocycles. The molecule has 1 aromatic heterocycles. The van der Waals surface area contributed by atoms with Crippen molar-refractivity contribution in [2.45, 2.75) is 38.1 Å². The average Bonchev–Trinajstić information content (AvgIpc) is 3.11. The average molecular weight is 384 g/mol. The molecule has 4 atom stereocenters. The summed E-state index contributed by atoms with van der Waals surface area (Å²) in [5.74, 6) is -0.484. The molecule has 7 heteroatoms. The molecule has 1 aliphatic heterocycles. The number of benzene rings is 1. The summed E-state index contributed by atoms with van der Waals surface area (Å²) in [6.45, 7) is 5.62. The van der Waals surface area contributed by atoms with Gasteiger partial charge in [-0.05, 0) is 54.4 Å². The first-order valence-corrected chi connectivity index (χ1v) is 9.83. The Balaban J connectivity index is 1.71. The molecule has 2 fully saturated rings. The zero-order valence-corrected chi connectivity index (χ0v) is 15.9. The monoisotopic (exact) mass is 384 g/mol. The summed E-state index contributed by atoms with van der Waals surface area (Å²) < 4.78 is 28.6. The van der Waals surface area contributed by atoms with Crippen LogP contribution >= 0.6 is 0 Å². The summed E-state index contributed by atoms with van der Waals surface area (Å²) in [6, 6.07) is 5.51. The van der Waals surface area contributed by atoms with Crippen molar-refractivity contribution in [2.75, 3.05) is 13.1 Å². The van der Waals surface area contributed by atoms with Gasteiger partial charge in [0.1, 0.15) is 11.6 Å². The minimum atomic E-state index is -0.648. The van der Waals surface area contributed by atoms with E-state index in [4.69, 9.17) is 0 Å². The first-order valence-electron chi connectivity index (χ1n) is 9.83. The lowest BCUT2D eigenvalue weighted by molar-refractivity contribution is -0.0152. The van der Waals surface area contributed by atoms with Crippen LogP contribution in [0.3, 0.4) is 0 Å². The van der Waals surface area contributed by atoms with E-state index in [1.807, 2.05) is 4.90 Å². The number of nitrogens with zero attached hydrogens (tertiary/aromatic N) is 3. The van der Waals surface area contributed by atoms with Crippen molar-refractivity contribution in [3.8, 4) is 11.3 Å². The molecule has 0 radical (unpaired) electrons. The summed E-state index contributed by atoms with van der Waals surface area (Å²) in [7, 11) is 0. The fourth-order valence-electron chi connectivity index (χ4n) is 5.67. The number of aromatic nitrogens is 2. The second-order valence-corrected chi connectivity index (χ2v) is 8.23. The third-order valence-electron chi connectivity index (χ3n) is 7.20. The molecule has 2 heterocycles. The molecule has 3 aliphatic carbocycles. The molecule has 1 saturated heterocycles. The second-order valence-electron chi connectivity index (χ2n) is 8.23. The number of halogens is 2. The number of rotatable bonds is 2. The molecular weight excluding hydrogens is 362 g/mol. The molecule has 0 spiro atoms. The van der Waals surface area contributed by atoms with Gasteiger partial charge in [0.15, 0.2) is 0 Å². The molecular formula is C21H22F2N4O. The molecule has 6 rings (SSSR count). The smallest absolute Gasteiger partial charge is 0.318 e. The van der Waals surface area contributed by atoms with Crippen LogP contribution in [0.15, 0.2) is 24.3 Å². The number of urea groups is 1. The summed E-state index contributed by atoms with van der Waals surface area (Å²) in [6.07, 6.45) is 1.76. The predicted octanol–water partition coefficient (Wildman–Crippen LogP) is 3.81. The van der Waals surface area contributed by atoms with E-state index in [-0.39, 0.29) is 29.1 Å². The van der Waals surface area contributed by atoms with E-state index in [1.165, 1.54) is 18.2 Å². The maximum absolute atomic E-state index is 14.3. The number of fused-ring (bicyclic) bond motifs is 2. The Labute approximate surface area is 162 Å². The number of amides is 2. The van der Waals surface area contributed by atoms with Crippen LogP contribution < -0.4 is 5.32 Å². The van der Waals surface area contributed by atoms with Gasteiger partial charge in [-0.15, -0.1) is 5.10 Å². The molecule has 28 heavy (non-hydrogen) atoms. The third kappa shape index (κ3) is 2.13. The van der Waals surface area contributed by atoms with Crippen molar-refractivity contribution >= 4 is 6.03 Å². The molecule has 2 bridgehead atoms. The Morgan fingerprint density at radius 2 is 1.96 bits per heavy atom. The van der Waals surface area contributed by atoms with Crippen molar-refractivity contribution in [1.82, 2.24) is 20.4 Å². The predicted molar refractivity (Wildman–Crippen MR) is 99.5 cm³/mol. The van der Waals surface area contributed by atoms with Crippen LogP contribution in [0.2, 0.25) is 0 Å². The number of hydrogen-bond donors (Lipinski definition) is 1. The summed E-state index contributed by atoms with van der Waals surface area (Å²) in [4.78, 5) is 14.5. The zero-order valence-electron chi connectivity index (χ0n) is 15.9. The molecule has 146 valence electrons. The van der Waals surface area contributed by atoms with Crippen LogP contribution in [-0.4, -0.2) is 34.2 Å². The maximum atomic E-state index is 14.3. The lowest BCUT2D eigenvalue weighted by atomic mass is 9.54. The SMILES string of the molecule is CC1C2CCC(N3CCNC3=O)(c3nnc(-c4c(F)cccc4F)cc32)[C@H]1C. The van der Waals surface area contributed by atoms with Crippen LogP contribution in [0.4, 0.5) is 13.6 Å². The zero-order chi connectivity index (χ0) is 19.6. The van der Waals surface area contributed by atoms with Crippen molar-refractivity contribution < 1.29 is 13.6 Å². The minimum absolute atomic E-state index is 0.0728. The molecule has 2 aromatic rings. The Kier molecular flexibility index (Phi) is 3.73.